The van der Waals surface area contributed by atoms with Crippen molar-refractivity contribution in [2.24, 2.45) is 11.8 Å². The smallest absolute Gasteiger partial charge is 0.319 e. The van der Waals surface area contributed by atoms with Crippen LogP contribution in [0.3, 0.4) is 0 Å². The van der Waals surface area contributed by atoms with Gasteiger partial charge in [0.15, 0.2) is 5.78 Å². The summed E-state index contributed by atoms with van der Waals surface area (Å²) in [5.74, 6) is 0.526. The third-order valence-electron chi connectivity index (χ3n) is 7.30. The number of likely N-dealkylation sites (tertiary alicyclic amines) is 1. The van der Waals surface area contributed by atoms with Gasteiger partial charge in [-0.3, -0.25) is 4.79 Å². The number of carbonyl (C=O) groups excluding carboxylic acids is 2. The summed E-state index contributed by atoms with van der Waals surface area (Å²) in [6.07, 6.45) is 7.02. The summed E-state index contributed by atoms with van der Waals surface area (Å²) in [5, 5.41) is 6.81. The molecule has 0 radical (unpaired) electrons. The molecule has 2 fully saturated rings. The maximum atomic E-state index is 13.1. The molecule has 8 heteroatoms. The zero-order chi connectivity index (χ0) is 24.8. The molecule has 0 atom stereocenters. The molecule has 35 heavy (non-hydrogen) atoms. The Morgan fingerprint density at radius 2 is 1.63 bits per heavy atom. The Hall–Kier alpha value is -2.15. The minimum Gasteiger partial charge on any atom is -0.335 e. The van der Waals surface area contributed by atoms with Gasteiger partial charge in [-0.15, -0.1) is 0 Å². The fourth-order valence-electron chi connectivity index (χ4n) is 5.16. The average Bonchev–Trinajstić information content (AvgIpc) is 2.86. The van der Waals surface area contributed by atoms with Crippen LogP contribution in [0.4, 0.5) is 14.9 Å². The number of halogens is 3. The molecule has 2 aromatic rings. The minimum absolute atomic E-state index is 0.0344. The van der Waals surface area contributed by atoms with E-state index in [4.69, 9.17) is 23.2 Å². The lowest BCUT2D eigenvalue weighted by molar-refractivity contribution is 0.0832. The van der Waals surface area contributed by atoms with Gasteiger partial charge < -0.3 is 15.5 Å². The molecular weight excluding hydrogens is 488 g/mol. The molecule has 1 heterocycles. The van der Waals surface area contributed by atoms with Crippen molar-refractivity contribution in [3.8, 4) is 0 Å². The van der Waals surface area contributed by atoms with E-state index >= 15 is 0 Å². The van der Waals surface area contributed by atoms with Crippen LogP contribution >= 0.6 is 23.2 Å². The molecule has 0 spiro atoms. The van der Waals surface area contributed by atoms with E-state index in [9.17, 15) is 14.0 Å². The van der Waals surface area contributed by atoms with E-state index in [1.807, 2.05) is 0 Å². The molecule has 2 aliphatic rings. The summed E-state index contributed by atoms with van der Waals surface area (Å²) < 4.78 is 13.1. The maximum Gasteiger partial charge on any atom is 0.319 e. The summed E-state index contributed by atoms with van der Waals surface area (Å²) in [4.78, 5) is 27.5. The summed E-state index contributed by atoms with van der Waals surface area (Å²) in [6.45, 7) is 2.92. The van der Waals surface area contributed by atoms with Crippen molar-refractivity contribution < 1.29 is 14.0 Å². The number of ketones is 1. The number of nitrogens with zero attached hydrogens (tertiary/aromatic N) is 1. The molecule has 4 rings (SSSR count). The molecule has 1 saturated heterocycles. The van der Waals surface area contributed by atoms with Crippen LogP contribution in [-0.2, 0) is 0 Å². The van der Waals surface area contributed by atoms with Crippen LogP contribution in [0.1, 0.15) is 55.3 Å². The first-order valence-electron chi connectivity index (χ1n) is 12.4. The molecule has 1 aliphatic heterocycles. The molecule has 2 N–H and O–H groups in total. The highest BCUT2D eigenvalue weighted by atomic mass is 35.5. The van der Waals surface area contributed by atoms with E-state index in [2.05, 4.69) is 15.5 Å². The molecule has 5 nitrogen and oxygen atoms in total. The van der Waals surface area contributed by atoms with Crippen molar-refractivity contribution in [2.75, 3.05) is 25.0 Å². The van der Waals surface area contributed by atoms with Crippen molar-refractivity contribution in [2.45, 2.75) is 51.0 Å². The Morgan fingerprint density at radius 3 is 2.29 bits per heavy atom. The molecule has 2 amide bonds. The molecule has 188 valence electrons. The number of Topliss-reactive ketones (excluding diaryl/α,β-unsaturated/α-hetero) is 1. The average molecular weight is 520 g/mol. The Bertz CT molecular complexity index is 1020. The fourth-order valence-corrected chi connectivity index (χ4v) is 5.62. The molecule has 0 unspecified atom stereocenters. The Kier molecular flexibility index (Phi) is 9.04. The minimum atomic E-state index is -0.313. The quantitative estimate of drug-likeness (QED) is 0.395. The van der Waals surface area contributed by atoms with Crippen molar-refractivity contribution >= 4 is 40.7 Å². The van der Waals surface area contributed by atoms with Crippen molar-refractivity contribution in [1.29, 1.82) is 0 Å². The first kappa shape index (κ1) is 25.9. The maximum absolute atomic E-state index is 13.1. The fraction of sp³-hybridized carbons (Fsp3) is 0.481. The van der Waals surface area contributed by atoms with E-state index in [-0.39, 0.29) is 29.6 Å². The van der Waals surface area contributed by atoms with Crippen LogP contribution in [-0.4, -0.2) is 42.4 Å². The second-order valence-electron chi connectivity index (χ2n) is 9.72. The number of piperidine rings is 1. The number of amides is 2. The third-order valence-corrected chi connectivity index (χ3v) is 7.85. The Morgan fingerprint density at radius 1 is 0.943 bits per heavy atom. The Labute approximate surface area is 216 Å². The number of urea groups is 1. The normalized spacial score (nSPS) is 21.5. The SMILES string of the molecule is O=C(Nc1ccc(Cl)cc1Cl)N[C@H]1CC[C@H](CCN2CCC(C(=O)c3ccc(F)cc3)CC2)CC1. The highest BCUT2D eigenvalue weighted by Crippen LogP contribution is 2.29. The van der Waals surface area contributed by atoms with Crippen molar-refractivity contribution in [3.05, 3.63) is 63.9 Å². The van der Waals surface area contributed by atoms with Gasteiger partial charge in [0.2, 0.25) is 0 Å². The van der Waals surface area contributed by atoms with Crippen molar-refractivity contribution in [1.82, 2.24) is 10.2 Å². The number of rotatable bonds is 7. The summed E-state index contributed by atoms with van der Waals surface area (Å²) >= 11 is 12.0. The zero-order valence-corrected chi connectivity index (χ0v) is 21.3. The van der Waals surface area contributed by atoms with E-state index in [1.165, 1.54) is 12.1 Å². The molecule has 1 aliphatic carbocycles. The van der Waals surface area contributed by atoms with Crippen LogP contribution in [0, 0.1) is 17.7 Å². The summed E-state index contributed by atoms with van der Waals surface area (Å²) in [5.41, 5.74) is 1.16. The predicted molar refractivity (Wildman–Crippen MR) is 139 cm³/mol. The van der Waals surface area contributed by atoms with Gasteiger partial charge in [-0.05, 0) is 113 Å². The molecule has 0 aromatic heterocycles. The number of carbonyl (C=O) groups is 2. The van der Waals surface area contributed by atoms with Crippen LogP contribution < -0.4 is 10.6 Å². The lowest BCUT2D eigenvalue weighted by Gasteiger charge is -2.34. The number of anilines is 1. The van der Waals surface area contributed by atoms with Crippen LogP contribution in [0.2, 0.25) is 10.0 Å². The van der Waals surface area contributed by atoms with Crippen molar-refractivity contribution in [3.63, 3.8) is 0 Å². The number of hydrogen-bond acceptors (Lipinski definition) is 3. The number of benzene rings is 2. The van der Waals surface area contributed by atoms with E-state index < -0.39 is 0 Å². The summed E-state index contributed by atoms with van der Waals surface area (Å²) in [6, 6.07) is 10.8. The largest absolute Gasteiger partial charge is 0.335 e. The Balaban J connectivity index is 1.12. The first-order chi connectivity index (χ1) is 16.9. The van der Waals surface area contributed by atoms with Gasteiger partial charge in [0.25, 0.3) is 0 Å². The second kappa shape index (κ2) is 12.2. The summed E-state index contributed by atoms with van der Waals surface area (Å²) in [7, 11) is 0. The number of nitrogens with one attached hydrogen (secondary N) is 2. The predicted octanol–water partition coefficient (Wildman–Crippen LogP) is 6.80. The number of hydrogen-bond donors (Lipinski definition) is 2. The third kappa shape index (κ3) is 7.42. The van der Waals surface area contributed by atoms with Gasteiger partial charge in [-0.2, -0.15) is 0 Å². The van der Waals surface area contributed by atoms with Gasteiger partial charge >= 0.3 is 6.03 Å². The highest BCUT2D eigenvalue weighted by molar-refractivity contribution is 6.36. The highest BCUT2D eigenvalue weighted by Gasteiger charge is 2.27. The molecule has 2 aromatic carbocycles. The van der Waals surface area contributed by atoms with Gasteiger partial charge in [0.05, 0.1) is 10.7 Å². The van der Waals surface area contributed by atoms with Gasteiger partial charge in [0, 0.05) is 22.5 Å². The lowest BCUT2D eigenvalue weighted by Crippen LogP contribution is -2.41. The zero-order valence-electron chi connectivity index (χ0n) is 19.7. The van der Waals surface area contributed by atoms with Gasteiger partial charge in [-0.1, -0.05) is 23.2 Å². The second-order valence-corrected chi connectivity index (χ2v) is 10.6. The van der Waals surface area contributed by atoms with E-state index in [0.717, 1.165) is 64.6 Å². The van der Waals surface area contributed by atoms with Gasteiger partial charge in [-0.25, -0.2) is 9.18 Å². The van der Waals surface area contributed by atoms with E-state index in [0.29, 0.717) is 27.2 Å². The molecule has 1 saturated carbocycles. The molecular formula is C27H32Cl2FN3O2. The van der Waals surface area contributed by atoms with Gasteiger partial charge in [0.1, 0.15) is 5.82 Å². The molecule has 0 bridgehead atoms. The van der Waals surface area contributed by atoms with Crippen LogP contribution in [0.5, 0.6) is 0 Å². The first-order valence-corrected chi connectivity index (χ1v) is 13.2. The monoisotopic (exact) mass is 519 g/mol. The van der Waals surface area contributed by atoms with Crippen LogP contribution in [0.25, 0.3) is 0 Å². The lowest BCUT2D eigenvalue weighted by atomic mass is 9.83. The standard InChI is InChI=1S/C27H32Cl2FN3O2/c28-21-5-10-25(24(29)17-21)32-27(35)31-23-8-1-18(2-9-23)11-14-33-15-12-20(13-16-33)26(34)19-3-6-22(30)7-4-19/h3-7,10,17-18,20,23H,1-2,8-9,11-16H2,(H2,31,32,35)/t18-,23-. The van der Waals surface area contributed by atoms with Crippen LogP contribution in [0.15, 0.2) is 42.5 Å². The topological polar surface area (TPSA) is 61.4 Å². The van der Waals surface area contributed by atoms with E-state index in [1.54, 1.807) is 30.3 Å².